The highest BCUT2D eigenvalue weighted by Crippen LogP contribution is 2.37. The van der Waals surface area contributed by atoms with Crippen LogP contribution in [-0.4, -0.2) is 60.5 Å². The van der Waals surface area contributed by atoms with E-state index in [9.17, 15) is 18.0 Å². The molecule has 1 saturated heterocycles. The molecule has 0 bridgehead atoms. The second kappa shape index (κ2) is 9.54. The van der Waals surface area contributed by atoms with Gasteiger partial charge in [0, 0.05) is 61.9 Å². The van der Waals surface area contributed by atoms with Crippen LogP contribution in [0.5, 0.6) is 5.75 Å². The van der Waals surface area contributed by atoms with E-state index in [0.717, 1.165) is 0 Å². The summed E-state index contributed by atoms with van der Waals surface area (Å²) in [5, 5.41) is 0.691. The molecule has 1 aromatic carbocycles. The van der Waals surface area contributed by atoms with Gasteiger partial charge in [-0.25, -0.2) is 13.2 Å². The predicted octanol–water partition coefficient (Wildman–Crippen LogP) is 3.33. The van der Waals surface area contributed by atoms with E-state index in [1.54, 1.807) is 62.5 Å². The molecule has 0 saturated carbocycles. The maximum Gasteiger partial charge on any atom is 0.409 e. The van der Waals surface area contributed by atoms with E-state index < -0.39 is 9.84 Å². The first-order valence-electron chi connectivity index (χ1n) is 11.4. The third kappa shape index (κ3) is 4.54. The summed E-state index contributed by atoms with van der Waals surface area (Å²) in [6.07, 6.45) is 4.17. The molecule has 0 atom stereocenters. The molecule has 9 nitrogen and oxygen atoms in total. The maximum atomic E-state index is 12.6. The molecule has 1 N–H and O–H groups in total. The number of amides is 1. The van der Waals surface area contributed by atoms with E-state index in [2.05, 4.69) is 4.98 Å². The van der Waals surface area contributed by atoms with Gasteiger partial charge in [0.1, 0.15) is 17.4 Å². The normalized spacial score (nSPS) is 15.0. The van der Waals surface area contributed by atoms with E-state index in [1.165, 1.54) is 4.57 Å². The number of rotatable bonds is 6. The third-order valence-electron chi connectivity index (χ3n) is 6.14. The van der Waals surface area contributed by atoms with Gasteiger partial charge in [-0.15, -0.1) is 0 Å². The van der Waals surface area contributed by atoms with Gasteiger partial charge in [-0.1, -0.05) is 6.92 Å². The molecule has 3 heterocycles. The number of aromatic nitrogens is 2. The van der Waals surface area contributed by atoms with E-state index in [0.29, 0.717) is 60.3 Å². The summed E-state index contributed by atoms with van der Waals surface area (Å²) in [7, 11) is -1.79. The first kappa shape index (κ1) is 23.9. The summed E-state index contributed by atoms with van der Waals surface area (Å²) < 4.78 is 38.1. The van der Waals surface area contributed by atoms with Crippen LogP contribution in [0.3, 0.4) is 0 Å². The van der Waals surface area contributed by atoms with Crippen molar-refractivity contribution in [2.75, 3.05) is 25.4 Å². The summed E-state index contributed by atoms with van der Waals surface area (Å²) in [6, 6.07) is 6.66. The number of nitrogens with one attached hydrogen (secondary N) is 1. The molecular weight excluding hydrogens is 458 g/mol. The SMILES string of the molecule is CCOC(=O)N1CCC(Oc2ccc(S(=O)(=O)CC)cc2-c2cn(C)c(=O)c3[nH]ccc23)CC1. The number of likely N-dealkylation sites (tertiary alicyclic amines) is 1. The molecule has 1 fully saturated rings. The Balaban J connectivity index is 1.72. The second-order valence-electron chi connectivity index (χ2n) is 8.29. The van der Waals surface area contributed by atoms with Gasteiger partial charge in [-0.3, -0.25) is 4.79 Å². The van der Waals surface area contributed by atoms with Gasteiger partial charge in [0.2, 0.25) is 0 Å². The van der Waals surface area contributed by atoms with Gasteiger partial charge in [-0.2, -0.15) is 0 Å². The fourth-order valence-electron chi connectivity index (χ4n) is 4.22. The molecular formula is C24H29N3O6S. The highest BCUT2D eigenvalue weighted by atomic mass is 32.2. The predicted molar refractivity (Wildman–Crippen MR) is 129 cm³/mol. The number of hydrogen-bond acceptors (Lipinski definition) is 6. The zero-order valence-corrected chi connectivity index (χ0v) is 20.4. The standard InChI is InChI=1S/C24H29N3O6S/c1-4-32-24(29)27-12-9-16(10-13-27)33-21-7-6-17(34(30,31)5-2)14-19(21)20-15-26(3)23(28)22-18(20)8-11-25-22/h6-8,11,14-16,25H,4-5,9-10,12-13H2,1-3H3. The Labute approximate surface area is 198 Å². The Morgan fingerprint density at radius 3 is 2.56 bits per heavy atom. The second-order valence-corrected chi connectivity index (χ2v) is 10.6. The lowest BCUT2D eigenvalue weighted by Gasteiger charge is -2.32. The number of fused-ring (bicyclic) bond motifs is 1. The van der Waals surface area contributed by atoms with Crippen molar-refractivity contribution in [1.82, 2.24) is 14.5 Å². The molecule has 0 unspecified atom stereocenters. The smallest absolute Gasteiger partial charge is 0.409 e. The molecule has 34 heavy (non-hydrogen) atoms. The number of ether oxygens (including phenoxy) is 2. The monoisotopic (exact) mass is 487 g/mol. The Morgan fingerprint density at radius 1 is 1.15 bits per heavy atom. The van der Waals surface area contributed by atoms with Crippen molar-refractivity contribution in [3.05, 3.63) is 47.0 Å². The van der Waals surface area contributed by atoms with E-state index in [1.807, 2.05) is 0 Å². The van der Waals surface area contributed by atoms with Crippen LogP contribution >= 0.6 is 0 Å². The van der Waals surface area contributed by atoms with Crippen molar-refractivity contribution in [3.63, 3.8) is 0 Å². The number of aromatic amines is 1. The molecule has 10 heteroatoms. The zero-order chi connectivity index (χ0) is 24.5. The minimum Gasteiger partial charge on any atom is -0.490 e. The summed E-state index contributed by atoms with van der Waals surface area (Å²) in [5.74, 6) is 0.511. The summed E-state index contributed by atoms with van der Waals surface area (Å²) >= 11 is 0. The first-order valence-corrected chi connectivity index (χ1v) is 13.0. The summed E-state index contributed by atoms with van der Waals surface area (Å²) in [5.41, 5.74) is 1.57. The van der Waals surface area contributed by atoms with Gasteiger partial charge in [0.15, 0.2) is 9.84 Å². The molecule has 3 aromatic rings. The fourth-order valence-corrected chi connectivity index (χ4v) is 5.12. The van der Waals surface area contributed by atoms with Crippen molar-refractivity contribution in [2.24, 2.45) is 7.05 Å². The highest BCUT2D eigenvalue weighted by Gasteiger charge is 2.26. The van der Waals surface area contributed by atoms with Crippen LogP contribution in [-0.2, 0) is 21.6 Å². The average molecular weight is 488 g/mol. The topological polar surface area (TPSA) is 111 Å². The number of H-pyrrole nitrogens is 1. The number of aryl methyl sites for hydroxylation is 1. The highest BCUT2D eigenvalue weighted by molar-refractivity contribution is 7.91. The van der Waals surface area contributed by atoms with Gasteiger partial charge < -0.3 is 23.9 Å². The number of sulfone groups is 1. The molecule has 182 valence electrons. The van der Waals surface area contributed by atoms with Crippen molar-refractivity contribution < 1.29 is 22.7 Å². The van der Waals surface area contributed by atoms with Crippen molar-refractivity contribution >= 4 is 26.8 Å². The lowest BCUT2D eigenvalue weighted by Crippen LogP contribution is -2.42. The first-order chi connectivity index (χ1) is 16.2. The van der Waals surface area contributed by atoms with Gasteiger partial charge in [0.05, 0.1) is 17.3 Å². The van der Waals surface area contributed by atoms with Crippen molar-refractivity contribution in [2.45, 2.75) is 37.7 Å². The number of nitrogens with zero attached hydrogens (tertiary/aromatic N) is 2. The quantitative estimate of drug-likeness (QED) is 0.571. The number of pyridine rings is 1. The molecule has 1 amide bonds. The molecule has 1 aliphatic rings. The summed E-state index contributed by atoms with van der Waals surface area (Å²) in [6.45, 7) is 4.75. The van der Waals surface area contributed by atoms with Crippen LogP contribution in [0.2, 0.25) is 0 Å². The number of carbonyl (C=O) groups excluding carboxylic acids is 1. The van der Waals surface area contributed by atoms with Gasteiger partial charge >= 0.3 is 6.09 Å². The molecule has 4 rings (SSSR count). The van der Waals surface area contributed by atoms with Crippen molar-refractivity contribution in [3.8, 4) is 16.9 Å². The Hall–Kier alpha value is -3.27. The molecule has 0 spiro atoms. The number of benzene rings is 1. The van der Waals surface area contributed by atoms with E-state index in [-0.39, 0.29) is 28.4 Å². The van der Waals surface area contributed by atoms with Crippen LogP contribution < -0.4 is 10.3 Å². The lowest BCUT2D eigenvalue weighted by atomic mass is 10.0. The largest absolute Gasteiger partial charge is 0.490 e. The van der Waals surface area contributed by atoms with Crippen LogP contribution in [0.4, 0.5) is 4.79 Å². The van der Waals surface area contributed by atoms with Crippen LogP contribution in [0, 0.1) is 0 Å². The van der Waals surface area contributed by atoms with Crippen LogP contribution in [0.25, 0.3) is 22.0 Å². The fraction of sp³-hybridized carbons (Fsp3) is 0.417. The Morgan fingerprint density at radius 2 is 1.88 bits per heavy atom. The third-order valence-corrected chi connectivity index (χ3v) is 7.87. The maximum absolute atomic E-state index is 12.6. The Kier molecular flexibility index (Phi) is 6.70. The van der Waals surface area contributed by atoms with Gasteiger partial charge in [-0.05, 0) is 31.2 Å². The lowest BCUT2D eigenvalue weighted by molar-refractivity contribution is 0.0705. The number of hydrogen-bond donors (Lipinski definition) is 1. The number of piperidine rings is 1. The Bertz CT molecular complexity index is 1370. The van der Waals surface area contributed by atoms with E-state index >= 15 is 0 Å². The minimum atomic E-state index is -3.45. The van der Waals surface area contributed by atoms with Gasteiger partial charge in [0.25, 0.3) is 5.56 Å². The average Bonchev–Trinajstić information content (AvgIpc) is 3.32. The minimum absolute atomic E-state index is 0.0220. The molecule has 1 aliphatic heterocycles. The summed E-state index contributed by atoms with van der Waals surface area (Å²) in [4.78, 5) is 29.4. The number of carbonyl (C=O) groups is 1. The molecule has 0 aliphatic carbocycles. The molecule has 2 aromatic heterocycles. The van der Waals surface area contributed by atoms with Crippen LogP contribution in [0.15, 0.2) is 46.3 Å². The molecule has 0 radical (unpaired) electrons. The van der Waals surface area contributed by atoms with Crippen LogP contribution in [0.1, 0.15) is 26.7 Å². The zero-order valence-electron chi connectivity index (χ0n) is 19.5. The van der Waals surface area contributed by atoms with E-state index in [4.69, 9.17) is 9.47 Å². The van der Waals surface area contributed by atoms with Crippen molar-refractivity contribution in [1.29, 1.82) is 0 Å².